The van der Waals surface area contributed by atoms with Crippen LogP contribution in [0, 0.1) is 11.6 Å². The Morgan fingerprint density at radius 1 is 1.07 bits per heavy atom. The van der Waals surface area contributed by atoms with Crippen LogP contribution >= 0.6 is 0 Å². The van der Waals surface area contributed by atoms with E-state index < -0.39 is 11.6 Å². The Balaban J connectivity index is 2.01. The second kappa shape index (κ2) is 11.0. The van der Waals surface area contributed by atoms with Crippen LogP contribution in [0.2, 0.25) is 0 Å². The van der Waals surface area contributed by atoms with Crippen molar-refractivity contribution in [3.05, 3.63) is 65.2 Å². The van der Waals surface area contributed by atoms with Gasteiger partial charge in [-0.1, -0.05) is 19.1 Å². The number of guanidine groups is 1. The number of amides is 1. The summed E-state index contributed by atoms with van der Waals surface area (Å²) in [6.07, 6.45) is 1.27. The summed E-state index contributed by atoms with van der Waals surface area (Å²) in [5, 5.41) is 8.93. The number of anilines is 1. The van der Waals surface area contributed by atoms with Crippen molar-refractivity contribution in [2.24, 2.45) is 4.99 Å². The Hall–Kier alpha value is -2.96. The molecular weight excluding hydrogens is 362 g/mol. The minimum atomic E-state index is -0.484. The predicted octanol–water partition coefficient (Wildman–Crippen LogP) is 3.96. The second-order valence-electron chi connectivity index (χ2n) is 6.28. The Labute approximate surface area is 164 Å². The van der Waals surface area contributed by atoms with E-state index in [1.807, 2.05) is 38.1 Å². The number of aliphatic imine (C=N–C) groups is 1. The lowest BCUT2D eigenvalue weighted by Gasteiger charge is -2.12. The summed E-state index contributed by atoms with van der Waals surface area (Å²) in [5.41, 5.74) is 1.88. The van der Waals surface area contributed by atoms with Crippen molar-refractivity contribution in [3.8, 4) is 0 Å². The number of hydrogen-bond donors (Lipinski definition) is 3. The molecule has 0 saturated heterocycles. The molecule has 2 aromatic rings. The van der Waals surface area contributed by atoms with E-state index >= 15 is 0 Å². The number of carbonyl (C=O) groups is 1. The zero-order chi connectivity index (χ0) is 20.4. The molecule has 0 heterocycles. The maximum absolute atomic E-state index is 13.8. The molecule has 2 aromatic carbocycles. The fourth-order valence-electron chi connectivity index (χ4n) is 2.57. The number of nitrogens with zero attached hydrogens (tertiary/aromatic N) is 1. The molecule has 7 heteroatoms. The first kappa shape index (κ1) is 21.3. The maximum Gasteiger partial charge on any atom is 0.224 e. The van der Waals surface area contributed by atoms with E-state index in [0.717, 1.165) is 35.9 Å². The molecule has 2 rings (SSSR count). The van der Waals surface area contributed by atoms with Crippen LogP contribution in [0.15, 0.2) is 47.5 Å². The maximum atomic E-state index is 13.8. The van der Waals surface area contributed by atoms with Gasteiger partial charge in [-0.05, 0) is 49.2 Å². The Bertz CT molecular complexity index is 824. The Morgan fingerprint density at radius 2 is 1.89 bits per heavy atom. The summed E-state index contributed by atoms with van der Waals surface area (Å²) < 4.78 is 27.1. The molecule has 0 unspecified atom stereocenters. The molecule has 0 spiro atoms. The zero-order valence-electron chi connectivity index (χ0n) is 16.2. The van der Waals surface area contributed by atoms with Crippen molar-refractivity contribution >= 4 is 17.6 Å². The average Bonchev–Trinajstić information content (AvgIpc) is 2.67. The molecule has 3 N–H and O–H groups in total. The van der Waals surface area contributed by atoms with E-state index in [-0.39, 0.29) is 18.0 Å². The van der Waals surface area contributed by atoms with Gasteiger partial charge in [0.15, 0.2) is 5.96 Å². The molecule has 0 aliphatic rings. The van der Waals surface area contributed by atoms with Crippen molar-refractivity contribution in [2.45, 2.75) is 39.8 Å². The van der Waals surface area contributed by atoms with Crippen molar-refractivity contribution in [2.75, 3.05) is 11.9 Å². The van der Waals surface area contributed by atoms with Crippen LogP contribution in [0.25, 0.3) is 0 Å². The summed E-state index contributed by atoms with van der Waals surface area (Å²) in [5.74, 6) is -0.482. The van der Waals surface area contributed by atoms with Crippen LogP contribution < -0.4 is 16.0 Å². The van der Waals surface area contributed by atoms with E-state index in [1.54, 1.807) is 0 Å². The molecule has 0 radical (unpaired) electrons. The van der Waals surface area contributed by atoms with Crippen LogP contribution in [-0.4, -0.2) is 18.4 Å². The molecule has 0 aromatic heterocycles. The van der Waals surface area contributed by atoms with Gasteiger partial charge in [0, 0.05) is 30.8 Å². The van der Waals surface area contributed by atoms with E-state index in [1.165, 1.54) is 0 Å². The monoisotopic (exact) mass is 388 g/mol. The van der Waals surface area contributed by atoms with Gasteiger partial charge < -0.3 is 16.0 Å². The summed E-state index contributed by atoms with van der Waals surface area (Å²) in [7, 11) is 0. The Morgan fingerprint density at radius 3 is 2.64 bits per heavy atom. The minimum Gasteiger partial charge on any atom is -0.357 e. The Kier molecular flexibility index (Phi) is 8.39. The van der Waals surface area contributed by atoms with E-state index in [9.17, 15) is 13.6 Å². The van der Waals surface area contributed by atoms with Gasteiger partial charge in [0.1, 0.15) is 11.6 Å². The molecular formula is C21H26F2N4O. The number of hydrogen-bond acceptors (Lipinski definition) is 2. The summed E-state index contributed by atoms with van der Waals surface area (Å²) >= 11 is 0. The van der Waals surface area contributed by atoms with E-state index in [4.69, 9.17) is 0 Å². The first-order valence-corrected chi connectivity index (χ1v) is 9.36. The van der Waals surface area contributed by atoms with Gasteiger partial charge in [-0.15, -0.1) is 0 Å². The predicted molar refractivity (Wildman–Crippen MR) is 108 cm³/mol. The lowest BCUT2D eigenvalue weighted by atomic mass is 10.2. The van der Waals surface area contributed by atoms with E-state index in [2.05, 4.69) is 20.9 Å². The smallest absolute Gasteiger partial charge is 0.224 e. The van der Waals surface area contributed by atoms with Gasteiger partial charge >= 0.3 is 0 Å². The lowest BCUT2D eigenvalue weighted by molar-refractivity contribution is -0.116. The second-order valence-corrected chi connectivity index (χ2v) is 6.28. The molecule has 5 nitrogen and oxygen atoms in total. The molecule has 0 bridgehead atoms. The van der Waals surface area contributed by atoms with Gasteiger partial charge in [-0.3, -0.25) is 4.79 Å². The van der Waals surface area contributed by atoms with Crippen LogP contribution in [-0.2, 0) is 17.9 Å². The number of rotatable bonds is 8. The average molecular weight is 388 g/mol. The SMILES string of the molecule is CCCC(=O)Nc1cccc(CN=C(NCC)NCc2cc(F)ccc2F)c1. The largest absolute Gasteiger partial charge is 0.357 e. The third-order valence-corrected chi connectivity index (χ3v) is 3.91. The minimum absolute atomic E-state index is 0.0183. The quantitative estimate of drug-likeness (QED) is 0.474. The van der Waals surface area contributed by atoms with Gasteiger partial charge in [0.05, 0.1) is 6.54 Å². The fraction of sp³-hybridized carbons (Fsp3) is 0.333. The van der Waals surface area contributed by atoms with Crippen LogP contribution in [0.4, 0.5) is 14.5 Å². The normalized spacial score (nSPS) is 11.2. The summed E-state index contributed by atoms with van der Waals surface area (Å²) in [6, 6.07) is 10.8. The van der Waals surface area contributed by atoms with Crippen molar-refractivity contribution in [1.82, 2.24) is 10.6 Å². The highest BCUT2D eigenvalue weighted by molar-refractivity contribution is 5.90. The number of benzene rings is 2. The first-order chi connectivity index (χ1) is 13.5. The van der Waals surface area contributed by atoms with Gasteiger partial charge in [0.2, 0.25) is 5.91 Å². The highest BCUT2D eigenvalue weighted by atomic mass is 19.1. The number of carbonyl (C=O) groups excluding carboxylic acids is 1. The highest BCUT2D eigenvalue weighted by Gasteiger charge is 2.06. The molecule has 0 saturated carbocycles. The first-order valence-electron chi connectivity index (χ1n) is 9.36. The topological polar surface area (TPSA) is 65.5 Å². The van der Waals surface area contributed by atoms with Crippen LogP contribution in [0.1, 0.15) is 37.8 Å². The van der Waals surface area contributed by atoms with Gasteiger partial charge in [-0.2, -0.15) is 0 Å². The highest BCUT2D eigenvalue weighted by Crippen LogP contribution is 2.13. The van der Waals surface area contributed by atoms with Crippen LogP contribution in [0.3, 0.4) is 0 Å². The molecule has 0 fully saturated rings. The summed E-state index contributed by atoms with van der Waals surface area (Å²) in [4.78, 5) is 16.2. The summed E-state index contributed by atoms with van der Waals surface area (Å²) in [6.45, 7) is 4.99. The van der Waals surface area contributed by atoms with Gasteiger partial charge in [-0.25, -0.2) is 13.8 Å². The molecule has 1 amide bonds. The molecule has 0 aliphatic carbocycles. The lowest BCUT2D eigenvalue weighted by Crippen LogP contribution is -2.37. The van der Waals surface area contributed by atoms with Crippen LogP contribution in [0.5, 0.6) is 0 Å². The zero-order valence-corrected chi connectivity index (χ0v) is 16.2. The van der Waals surface area contributed by atoms with Crippen molar-refractivity contribution < 1.29 is 13.6 Å². The molecule has 0 aliphatic heterocycles. The molecule has 150 valence electrons. The molecule has 0 atom stereocenters. The van der Waals surface area contributed by atoms with Crippen molar-refractivity contribution in [1.29, 1.82) is 0 Å². The molecule has 28 heavy (non-hydrogen) atoms. The fourth-order valence-corrected chi connectivity index (χ4v) is 2.57. The third-order valence-electron chi connectivity index (χ3n) is 3.91. The number of nitrogens with one attached hydrogen (secondary N) is 3. The number of halogens is 2. The van der Waals surface area contributed by atoms with E-state index in [0.29, 0.717) is 25.5 Å². The standard InChI is InChI=1S/C21H26F2N4O/c1-3-6-20(28)27-18-8-5-7-15(11-18)13-25-21(24-4-2)26-14-16-12-17(22)9-10-19(16)23/h5,7-12H,3-4,6,13-14H2,1-2H3,(H,27,28)(H2,24,25,26). The van der Waals surface area contributed by atoms with Crippen molar-refractivity contribution in [3.63, 3.8) is 0 Å². The van der Waals surface area contributed by atoms with Gasteiger partial charge in [0.25, 0.3) is 0 Å². The third kappa shape index (κ3) is 6.98.